The molecule has 4 nitrogen and oxygen atoms in total. The molecule has 0 bridgehead atoms. The van der Waals surface area contributed by atoms with Gasteiger partial charge in [-0.3, -0.25) is 9.59 Å². The fourth-order valence-electron chi connectivity index (χ4n) is 2.44. The molecular weight excluding hydrogens is 252 g/mol. The normalized spacial score (nSPS) is 15.3. The largest absolute Gasteiger partial charge is 0.339 e. The lowest BCUT2D eigenvalue weighted by atomic mass is 10.1. The number of carbonyl (C=O) groups excluding carboxylic acids is 2. The zero-order valence-corrected chi connectivity index (χ0v) is 12.5. The second-order valence-electron chi connectivity index (χ2n) is 5.33. The molecule has 0 unspecified atom stereocenters. The molecule has 1 aliphatic rings. The van der Waals surface area contributed by atoms with E-state index in [0.29, 0.717) is 32.6 Å². The minimum absolute atomic E-state index is 0.0664. The van der Waals surface area contributed by atoms with Crippen molar-refractivity contribution in [3.63, 3.8) is 0 Å². The van der Waals surface area contributed by atoms with Crippen LogP contribution >= 0.6 is 0 Å². The second-order valence-corrected chi connectivity index (χ2v) is 5.33. The monoisotopic (exact) mass is 274 g/mol. The molecule has 20 heavy (non-hydrogen) atoms. The Bertz CT molecular complexity index is 517. The van der Waals surface area contributed by atoms with Gasteiger partial charge in [0, 0.05) is 38.2 Å². The Balaban J connectivity index is 2.01. The van der Waals surface area contributed by atoms with E-state index in [-0.39, 0.29) is 11.8 Å². The summed E-state index contributed by atoms with van der Waals surface area (Å²) in [5.41, 5.74) is 3.07. The quantitative estimate of drug-likeness (QED) is 0.827. The SMILES string of the molecule is CCC(=O)N1CCN(C(=O)c2ccc(C)c(C)c2)CC1. The fourth-order valence-corrected chi connectivity index (χ4v) is 2.44. The molecular formula is C16H22N2O2. The lowest BCUT2D eigenvalue weighted by Crippen LogP contribution is -2.50. The summed E-state index contributed by atoms with van der Waals surface area (Å²) >= 11 is 0. The maximum atomic E-state index is 12.4. The topological polar surface area (TPSA) is 40.6 Å². The molecule has 1 aliphatic heterocycles. The van der Waals surface area contributed by atoms with Crippen molar-refractivity contribution >= 4 is 11.8 Å². The molecule has 1 saturated heterocycles. The summed E-state index contributed by atoms with van der Waals surface area (Å²) in [5, 5.41) is 0. The van der Waals surface area contributed by atoms with Crippen molar-refractivity contribution in [2.24, 2.45) is 0 Å². The average Bonchev–Trinajstić information content (AvgIpc) is 2.48. The highest BCUT2D eigenvalue weighted by atomic mass is 16.2. The molecule has 0 aromatic heterocycles. The highest BCUT2D eigenvalue weighted by molar-refractivity contribution is 5.94. The molecule has 1 aromatic carbocycles. The van der Waals surface area contributed by atoms with E-state index in [9.17, 15) is 9.59 Å². The summed E-state index contributed by atoms with van der Waals surface area (Å²) in [6.07, 6.45) is 0.533. The van der Waals surface area contributed by atoms with Gasteiger partial charge in [0.05, 0.1) is 0 Å². The number of aryl methyl sites for hydroxylation is 2. The van der Waals surface area contributed by atoms with E-state index in [1.54, 1.807) is 0 Å². The van der Waals surface area contributed by atoms with Crippen LogP contribution in [-0.4, -0.2) is 47.8 Å². The lowest BCUT2D eigenvalue weighted by Gasteiger charge is -2.34. The Morgan fingerprint density at radius 3 is 2.15 bits per heavy atom. The van der Waals surface area contributed by atoms with Crippen molar-refractivity contribution in [1.29, 1.82) is 0 Å². The molecule has 4 heteroatoms. The molecule has 0 N–H and O–H groups in total. The Morgan fingerprint density at radius 1 is 1.00 bits per heavy atom. The maximum absolute atomic E-state index is 12.4. The van der Waals surface area contributed by atoms with E-state index >= 15 is 0 Å². The predicted octanol–water partition coefficient (Wildman–Crippen LogP) is 2.00. The van der Waals surface area contributed by atoms with Crippen molar-refractivity contribution in [1.82, 2.24) is 9.80 Å². The predicted molar refractivity (Wildman–Crippen MR) is 78.7 cm³/mol. The van der Waals surface area contributed by atoms with Crippen LogP contribution in [0.3, 0.4) is 0 Å². The zero-order chi connectivity index (χ0) is 14.7. The van der Waals surface area contributed by atoms with Crippen molar-refractivity contribution < 1.29 is 9.59 Å². The second kappa shape index (κ2) is 6.07. The van der Waals surface area contributed by atoms with E-state index in [1.807, 2.05) is 48.8 Å². The number of piperazine rings is 1. The summed E-state index contributed by atoms with van der Waals surface area (Å²) in [5.74, 6) is 0.236. The fraction of sp³-hybridized carbons (Fsp3) is 0.500. The van der Waals surface area contributed by atoms with Crippen LogP contribution in [0.4, 0.5) is 0 Å². The molecule has 2 rings (SSSR count). The van der Waals surface area contributed by atoms with E-state index < -0.39 is 0 Å². The number of nitrogens with zero attached hydrogens (tertiary/aromatic N) is 2. The van der Waals surface area contributed by atoms with Gasteiger partial charge in [-0.05, 0) is 37.1 Å². The van der Waals surface area contributed by atoms with Gasteiger partial charge in [-0.15, -0.1) is 0 Å². The highest BCUT2D eigenvalue weighted by Crippen LogP contribution is 2.14. The smallest absolute Gasteiger partial charge is 0.253 e. The molecule has 0 spiro atoms. The van der Waals surface area contributed by atoms with Crippen molar-refractivity contribution in [2.45, 2.75) is 27.2 Å². The molecule has 0 radical (unpaired) electrons. The third kappa shape index (κ3) is 3.00. The van der Waals surface area contributed by atoms with Gasteiger partial charge in [0.2, 0.25) is 5.91 Å². The zero-order valence-electron chi connectivity index (χ0n) is 12.5. The summed E-state index contributed by atoms with van der Waals surface area (Å²) < 4.78 is 0. The molecule has 1 fully saturated rings. The van der Waals surface area contributed by atoms with Gasteiger partial charge in [0.25, 0.3) is 5.91 Å². The third-order valence-electron chi connectivity index (χ3n) is 3.98. The first-order valence-electron chi connectivity index (χ1n) is 7.17. The van der Waals surface area contributed by atoms with Crippen LogP contribution in [-0.2, 0) is 4.79 Å². The van der Waals surface area contributed by atoms with E-state index in [1.165, 1.54) is 5.56 Å². The van der Waals surface area contributed by atoms with Crippen LogP contribution < -0.4 is 0 Å². The Kier molecular flexibility index (Phi) is 4.42. The van der Waals surface area contributed by atoms with Crippen LogP contribution in [0.1, 0.15) is 34.8 Å². The van der Waals surface area contributed by atoms with E-state index in [0.717, 1.165) is 11.1 Å². The summed E-state index contributed by atoms with van der Waals surface area (Å²) in [6.45, 7) is 8.46. The number of rotatable bonds is 2. The van der Waals surface area contributed by atoms with Crippen LogP contribution in [0.15, 0.2) is 18.2 Å². The Hall–Kier alpha value is -1.84. The molecule has 0 aliphatic carbocycles. The summed E-state index contributed by atoms with van der Waals surface area (Å²) in [7, 11) is 0. The Labute approximate surface area is 120 Å². The standard InChI is InChI=1S/C16H22N2O2/c1-4-15(19)17-7-9-18(10-8-17)16(20)14-6-5-12(2)13(3)11-14/h5-6,11H,4,7-10H2,1-3H3. The van der Waals surface area contributed by atoms with Gasteiger partial charge in [-0.25, -0.2) is 0 Å². The number of hydrogen-bond donors (Lipinski definition) is 0. The molecule has 2 amide bonds. The minimum Gasteiger partial charge on any atom is -0.339 e. The number of amides is 2. The van der Waals surface area contributed by atoms with Gasteiger partial charge in [0.15, 0.2) is 0 Å². The average molecular weight is 274 g/mol. The van der Waals surface area contributed by atoms with Crippen molar-refractivity contribution in [3.8, 4) is 0 Å². The van der Waals surface area contributed by atoms with Gasteiger partial charge < -0.3 is 9.80 Å². The molecule has 0 saturated carbocycles. The van der Waals surface area contributed by atoms with Crippen LogP contribution in [0, 0.1) is 13.8 Å². The highest BCUT2D eigenvalue weighted by Gasteiger charge is 2.24. The van der Waals surface area contributed by atoms with Crippen molar-refractivity contribution in [3.05, 3.63) is 34.9 Å². The Morgan fingerprint density at radius 2 is 1.60 bits per heavy atom. The molecule has 1 aromatic rings. The van der Waals surface area contributed by atoms with E-state index in [2.05, 4.69) is 0 Å². The van der Waals surface area contributed by atoms with Crippen molar-refractivity contribution in [2.75, 3.05) is 26.2 Å². The van der Waals surface area contributed by atoms with Gasteiger partial charge in [-0.1, -0.05) is 13.0 Å². The first kappa shape index (κ1) is 14.6. The van der Waals surface area contributed by atoms with Gasteiger partial charge >= 0.3 is 0 Å². The van der Waals surface area contributed by atoms with Crippen LogP contribution in [0.25, 0.3) is 0 Å². The number of hydrogen-bond acceptors (Lipinski definition) is 2. The lowest BCUT2D eigenvalue weighted by molar-refractivity contribution is -0.132. The van der Waals surface area contributed by atoms with Gasteiger partial charge in [-0.2, -0.15) is 0 Å². The number of carbonyl (C=O) groups is 2. The third-order valence-corrected chi connectivity index (χ3v) is 3.98. The van der Waals surface area contributed by atoms with E-state index in [4.69, 9.17) is 0 Å². The summed E-state index contributed by atoms with van der Waals surface area (Å²) in [6, 6.07) is 5.81. The first-order chi connectivity index (χ1) is 9.52. The maximum Gasteiger partial charge on any atom is 0.253 e. The first-order valence-corrected chi connectivity index (χ1v) is 7.17. The molecule has 1 heterocycles. The van der Waals surface area contributed by atoms with Gasteiger partial charge in [0.1, 0.15) is 0 Å². The minimum atomic E-state index is 0.0664. The summed E-state index contributed by atoms with van der Waals surface area (Å²) in [4.78, 5) is 27.7. The number of benzene rings is 1. The van der Waals surface area contributed by atoms with Crippen LogP contribution in [0.2, 0.25) is 0 Å². The molecule has 0 atom stereocenters. The van der Waals surface area contributed by atoms with Crippen LogP contribution in [0.5, 0.6) is 0 Å². The molecule has 108 valence electrons.